The van der Waals surface area contributed by atoms with Gasteiger partial charge in [0.15, 0.2) is 0 Å². The molecule has 3 heterocycles. The van der Waals surface area contributed by atoms with Gasteiger partial charge in [0, 0.05) is 31.2 Å². The first-order valence-corrected chi connectivity index (χ1v) is 11.1. The highest BCUT2D eigenvalue weighted by atomic mass is 16.3. The van der Waals surface area contributed by atoms with Gasteiger partial charge in [-0.2, -0.15) is 5.26 Å². The summed E-state index contributed by atoms with van der Waals surface area (Å²) in [7, 11) is 0. The molecule has 1 amide bonds. The van der Waals surface area contributed by atoms with Gasteiger partial charge < -0.3 is 14.2 Å². The molecule has 1 aliphatic heterocycles. The number of carbonyl (C=O) groups is 1. The number of piperazine rings is 1. The molecule has 32 heavy (non-hydrogen) atoms. The van der Waals surface area contributed by atoms with Gasteiger partial charge >= 0.3 is 0 Å². The van der Waals surface area contributed by atoms with Crippen LogP contribution in [0.2, 0.25) is 0 Å². The summed E-state index contributed by atoms with van der Waals surface area (Å²) < 4.78 is 5.10. The van der Waals surface area contributed by atoms with Crippen molar-refractivity contribution < 1.29 is 9.21 Å². The number of nitriles is 1. The van der Waals surface area contributed by atoms with Gasteiger partial charge in [-0.1, -0.05) is 51.1 Å². The Hall–Kier alpha value is -3.59. The van der Waals surface area contributed by atoms with Crippen LogP contribution in [0.15, 0.2) is 59.4 Å². The summed E-state index contributed by atoms with van der Waals surface area (Å²) in [6, 6.07) is 16.2. The lowest BCUT2D eigenvalue weighted by molar-refractivity contribution is 0.0650. The smallest absolute Gasteiger partial charge is 0.257 e. The Morgan fingerprint density at radius 1 is 1.25 bits per heavy atom. The summed E-state index contributed by atoms with van der Waals surface area (Å²) in [5, 5.41) is 9.95. The molecule has 0 spiro atoms. The predicted octanol–water partition coefficient (Wildman–Crippen LogP) is 5.08. The molecule has 1 aromatic carbocycles. The number of benzene rings is 1. The van der Waals surface area contributed by atoms with Crippen molar-refractivity contribution in [2.24, 2.45) is 0 Å². The van der Waals surface area contributed by atoms with Crippen molar-refractivity contribution >= 4 is 11.7 Å². The van der Waals surface area contributed by atoms with Crippen molar-refractivity contribution in [2.75, 3.05) is 24.5 Å². The number of carbonyl (C=O) groups excluding carboxylic acids is 1. The molecule has 4 rings (SSSR count). The summed E-state index contributed by atoms with van der Waals surface area (Å²) in [4.78, 5) is 22.0. The fourth-order valence-electron chi connectivity index (χ4n) is 4.35. The zero-order valence-corrected chi connectivity index (χ0v) is 18.8. The summed E-state index contributed by atoms with van der Waals surface area (Å²) in [5.41, 5.74) is 4.19. The second-order valence-electron chi connectivity index (χ2n) is 8.44. The number of aromatic nitrogens is 1. The fourth-order valence-corrected chi connectivity index (χ4v) is 4.35. The van der Waals surface area contributed by atoms with Crippen LogP contribution in [0.4, 0.5) is 5.82 Å². The van der Waals surface area contributed by atoms with E-state index in [-0.39, 0.29) is 17.9 Å². The molecule has 1 saturated heterocycles. The zero-order chi connectivity index (χ0) is 22.7. The molecule has 1 aliphatic rings. The van der Waals surface area contributed by atoms with Crippen molar-refractivity contribution in [3.63, 3.8) is 0 Å². The third-order valence-electron chi connectivity index (χ3n) is 6.07. The first-order valence-electron chi connectivity index (χ1n) is 11.1. The third-order valence-corrected chi connectivity index (χ3v) is 6.07. The number of amides is 1. The van der Waals surface area contributed by atoms with Crippen molar-refractivity contribution in [1.29, 1.82) is 5.26 Å². The van der Waals surface area contributed by atoms with Crippen molar-refractivity contribution in [3.8, 4) is 17.2 Å². The van der Waals surface area contributed by atoms with Crippen molar-refractivity contribution in [2.45, 2.75) is 39.2 Å². The summed E-state index contributed by atoms with van der Waals surface area (Å²) in [6.07, 6.45) is 3.84. The number of pyridine rings is 1. The maximum absolute atomic E-state index is 12.9. The first kappa shape index (κ1) is 21.6. The average molecular weight is 429 g/mol. The number of furan rings is 1. The lowest BCUT2D eigenvalue weighted by Gasteiger charge is -2.42. The third kappa shape index (κ3) is 4.11. The standard InChI is InChI=1S/C26H28N4O2/c1-4-22-16-29(11-12-30(22)26(31)20-10-13-32-17-20)25-21(15-27)14-23(24(28-25)18(2)3)19-8-6-5-7-9-19/h5-10,13-14,17-18,22H,4,11-12,16H2,1-3H3. The van der Waals surface area contributed by atoms with Crippen LogP contribution >= 0.6 is 0 Å². The highest BCUT2D eigenvalue weighted by Gasteiger charge is 2.32. The van der Waals surface area contributed by atoms with E-state index >= 15 is 0 Å². The summed E-state index contributed by atoms with van der Waals surface area (Å²) in [5.74, 6) is 0.911. The molecule has 2 aromatic heterocycles. The molecule has 6 heteroatoms. The Bertz CT molecular complexity index is 1120. The van der Waals surface area contributed by atoms with E-state index < -0.39 is 0 Å². The van der Waals surface area contributed by atoms with Gasteiger partial charge in [0.2, 0.25) is 0 Å². The maximum Gasteiger partial charge on any atom is 0.257 e. The lowest BCUT2D eigenvalue weighted by Crippen LogP contribution is -2.55. The molecule has 0 aliphatic carbocycles. The van der Waals surface area contributed by atoms with Gasteiger partial charge in [0.1, 0.15) is 18.2 Å². The number of hydrogen-bond donors (Lipinski definition) is 0. The van der Waals surface area contributed by atoms with Crippen LogP contribution in [0.1, 0.15) is 54.7 Å². The molecule has 164 valence electrons. The second-order valence-corrected chi connectivity index (χ2v) is 8.44. The average Bonchev–Trinajstić information content (AvgIpc) is 3.38. The first-order chi connectivity index (χ1) is 15.5. The molecule has 3 aromatic rings. The van der Waals surface area contributed by atoms with E-state index in [2.05, 4.69) is 43.9 Å². The molecule has 0 radical (unpaired) electrons. The van der Waals surface area contributed by atoms with E-state index in [0.717, 1.165) is 23.2 Å². The van der Waals surface area contributed by atoms with Crippen molar-refractivity contribution in [3.05, 3.63) is 71.8 Å². The van der Waals surface area contributed by atoms with E-state index in [1.54, 1.807) is 6.07 Å². The van der Waals surface area contributed by atoms with Crippen LogP contribution < -0.4 is 4.90 Å². The van der Waals surface area contributed by atoms with Crippen LogP contribution in [0.3, 0.4) is 0 Å². The van der Waals surface area contributed by atoms with E-state index in [0.29, 0.717) is 36.6 Å². The van der Waals surface area contributed by atoms with Crippen molar-refractivity contribution in [1.82, 2.24) is 9.88 Å². The monoisotopic (exact) mass is 428 g/mol. The van der Waals surface area contributed by atoms with Gasteiger partial charge in [0.05, 0.1) is 23.1 Å². The van der Waals surface area contributed by atoms with E-state index in [1.165, 1.54) is 12.5 Å². The summed E-state index contributed by atoms with van der Waals surface area (Å²) >= 11 is 0. The molecule has 1 atom stereocenters. The van der Waals surface area contributed by atoms with Crippen LogP contribution in [0.25, 0.3) is 11.1 Å². The normalized spacial score (nSPS) is 16.3. The Kier molecular flexibility index (Phi) is 6.27. The molecule has 6 nitrogen and oxygen atoms in total. The fraction of sp³-hybridized carbons (Fsp3) is 0.346. The summed E-state index contributed by atoms with van der Waals surface area (Å²) in [6.45, 7) is 8.18. The van der Waals surface area contributed by atoms with Gasteiger partial charge in [0.25, 0.3) is 5.91 Å². The van der Waals surface area contributed by atoms with E-state index in [1.807, 2.05) is 29.2 Å². The largest absolute Gasteiger partial charge is 0.472 e. The van der Waals surface area contributed by atoms with Crippen LogP contribution in [0, 0.1) is 11.3 Å². The quantitative estimate of drug-likeness (QED) is 0.567. The second kappa shape index (κ2) is 9.27. The van der Waals surface area contributed by atoms with Gasteiger partial charge in [-0.25, -0.2) is 4.98 Å². The molecule has 1 unspecified atom stereocenters. The van der Waals surface area contributed by atoms with Crippen LogP contribution in [-0.4, -0.2) is 41.5 Å². The predicted molar refractivity (Wildman–Crippen MR) is 125 cm³/mol. The van der Waals surface area contributed by atoms with Crippen LogP contribution in [0.5, 0.6) is 0 Å². The number of nitrogens with zero attached hydrogens (tertiary/aromatic N) is 4. The minimum Gasteiger partial charge on any atom is -0.472 e. The topological polar surface area (TPSA) is 73.4 Å². The Labute approximate surface area is 189 Å². The number of rotatable bonds is 5. The molecule has 0 saturated carbocycles. The highest BCUT2D eigenvalue weighted by Crippen LogP contribution is 2.33. The Morgan fingerprint density at radius 3 is 2.66 bits per heavy atom. The molecule has 1 fully saturated rings. The van der Waals surface area contributed by atoms with Gasteiger partial charge in [-0.05, 0) is 30.0 Å². The minimum atomic E-state index is -0.0130. The maximum atomic E-state index is 12.9. The zero-order valence-electron chi connectivity index (χ0n) is 18.8. The minimum absolute atomic E-state index is 0.0130. The highest BCUT2D eigenvalue weighted by molar-refractivity contribution is 5.94. The Balaban J connectivity index is 1.67. The Morgan fingerprint density at radius 2 is 2.03 bits per heavy atom. The van der Waals surface area contributed by atoms with Gasteiger partial charge in [-0.15, -0.1) is 0 Å². The van der Waals surface area contributed by atoms with E-state index in [4.69, 9.17) is 9.40 Å². The molecular weight excluding hydrogens is 400 g/mol. The number of hydrogen-bond acceptors (Lipinski definition) is 5. The molecule has 0 bridgehead atoms. The molecule has 0 N–H and O–H groups in total. The van der Waals surface area contributed by atoms with E-state index in [9.17, 15) is 10.1 Å². The van der Waals surface area contributed by atoms with Gasteiger partial charge in [-0.3, -0.25) is 4.79 Å². The lowest BCUT2D eigenvalue weighted by atomic mass is 9.95. The molecular formula is C26H28N4O2. The van der Waals surface area contributed by atoms with Crippen LogP contribution in [-0.2, 0) is 0 Å². The SMILES string of the molecule is CCC1CN(c2nc(C(C)C)c(-c3ccccc3)cc2C#N)CCN1C(=O)c1ccoc1. The number of anilines is 1.